The van der Waals surface area contributed by atoms with E-state index in [9.17, 15) is 4.79 Å². The van der Waals surface area contributed by atoms with E-state index in [4.69, 9.17) is 5.11 Å². The van der Waals surface area contributed by atoms with Crippen LogP contribution >= 0.6 is 0 Å². The number of nitrogens with one attached hydrogen (secondary N) is 1. The Bertz CT molecular complexity index is 604. The second kappa shape index (κ2) is 4.48. The minimum Gasteiger partial charge on any atom is -0.477 e. The van der Waals surface area contributed by atoms with Crippen LogP contribution in [0.15, 0.2) is 18.2 Å². The maximum absolute atomic E-state index is 10.8. The van der Waals surface area contributed by atoms with E-state index >= 15 is 0 Å². The van der Waals surface area contributed by atoms with E-state index in [1.807, 2.05) is 20.9 Å². The molecule has 0 radical (unpaired) electrons. The van der Waals surface area contributed by atoms with Crippen LogP contribution in [0.1, 0.15) is 21.9 Å². The van der Waals surface area contributed by atoms with Crippen LogP contribution in [0, 0.1) is 13.8 Å². The number of anilines is 2. The van der Waals surface area contributed by atoms with Crippen molar-refractivity contribution in [3.05, 3.63) is 35.3 Å². The second-order valence-electron chi connectivity index (χ2n) is 4.01. The fraction of sp³-hybridized carbons (Fsp3) is 0.250. The highest BCUT2D eigenvalue weighted by molar-refractivity contribution is 5.85. The first-order valence-electron chi connectivity index (χ1n) is 5.46. The first kappa shape index (κ1) is 12.1. The lowest BCUT2D eigenvalue weighted by Crippen LogP contribution is -2.03. The molecule has 0 atom stereocenters. The molecule has 0 fully saturated rings. The summed E-state index contributed by atoms with van der Waals surface area (Å²) in [6.07, 6.45) is 0. The van der Waals surface area contributed by atoms with Gasteiger partial charge in [0.1, 0.15) is 5.82 Å². The Hall–Kier alpha value is -2.37. The Morgan fingerprint density at radius 3 is 2.67 bits per heavy atom. The quantitative estimate of drug-likeness (QED) is 0.864. The number of hydrogen-bond donors (Lipinski definition) is 2. The smallest absolute Gasteiger partial charge is 0.354 e. The average Bonchev–Trinajstić information content (AvgIpc) is 2.56. The van der Waals surface area contributed by atoms with E-state index in [0.717, 1.165) is 17.1 Å². The molecule has 0 amide bonds. The molecule has 0 saturated heterocycles. The molecule has 2 aromatic heterocycles. The molecule has 0 unspecified atom stereocenters. The standard InChI is InChI=1S/C12H14N4O2/c1-7-11(8(2)16(3)15-7)14-10-6-4-5-9(13-10)12(17)18/h4-6H,1-3H3,(H,13,14)(H,17,18). The van der Waals surface area contributed by atoms with Gasteiger partial charge in [-0.05, 0) is 26.0 Å². The predicted octanol–water partition coefficient (Wildman–Crippen LogP) is 1.87. The van der Waals surface area contributed by atoms with Crippen molar-refractivity contribution in [2.45, 2.75) is 13.8 Å². The number of aryl methyl sites for hydroxylation is 2. The summed E-state index contributed by atoms with van der Waals surface area (Å²) in [5, 5.41) is 16.3. The van der Waals surface area contributed by atoms with Gasteiger partial charge in [-0.1, -0.05) is 6.07 Å². The molecule has 2 heterocycles. The minimum atomic E-state index is -1.04. The summed E-state index contributed by atoms with van der Waals surface area (Å²) in [6, 6.07) is 4.83. The highest BCUT2D eigenvalue weighted by Gasteiger charge is 2.11. The maximum atomic E-state index is 10.8. The molecule has 0 saturated carbocycles. The Morgan fingerprint density at radius 1 is 1.39 bits per heavy atom. The minimum absolute atomic E-state index is 0.0131. The normalized spacial score (nSPS) is 10.4. The molecule has 0 aromatic carbocycles. The molecular weight excluding hydrogens is 232 g/mol. The molecule has 6 heteroatoms. The van der Waals surface area contributed by atoms with Gasteiger partial charge in [0.2, 0.25) is 0 Å². The van der Waals surface area contributed by atoms with Crippen LogP contribution in [-0.2, 0) is 7.05 Å². The van der Waals surface area contributed by atoms with Crippen molar-refractivity contribution in [2.24, 2.45) is 7.05 Å². The molecular formula is C12H14N4O2. The number of hydrogen-bond acceptors (Lipinski definition) is 4. The summed E-state index contributed by atoms with van der Waals surface area (Å²) < 4.78 is 1.76. The third kappa shape index (κ3) is 2.17. The molecule has 0 aliphatic rings. The van der Waals surface area contributed by atoms with E-state index in [0.29, 0.717) is 5.82 Å². The summed E-state index contributed by atoms with van der Waals surface area (Å²) in [5.41, 5.74) is 2.68. The molecule has 6 nitrogen and oxygen atoms in total. The van der Waals surface area contributed by atoms with Crippen LogP contribution in [0.5, 0.6) is 0 Å². The summed E-state index contributed by atoms with van der Waals surface area (Å²) in [7, 11) is 1.86. The number of aromatic nitrogens is 3. The van der Waals surface area contributed by atoms with E-state index < -0.39 is 5.97 Å². The summed E-state index contributed by atoms with van der Waals surface area (Å²) in [4.78, 5) is 14.8. The fourth-order valence-corrected chi connectivity index (χ4v) is 1.71. The van der Waals surface area contributed by atoms with Gasteiger partial charge in [0.05, 0.1) is 17.1 Å². The number of aromatic carboxylic acids is 1. The van der Waals surface area contributed by atoms with Crippen molar-refractivity contribution in [3.8, 4) is 0 Å². The molecule has 2 N–H and O–H groups in total. The molecule has 18 heavy (non-hydrogen) atoms. The summed E-state index contributed by atoms with van der Waals surface area (Å²) in [5.74, 6) is -0.549. The van der Waals surface area contributed by atoms with Crippen molar-refractivity contribution in [2.75, 3.05) is 5.32 Å². The van der Waals surface area contributed by atoms with Gasteiger partial charge in [0.25, 0.3) is 0 Å². The van der Waals surface area contributed by atoms with Gasteiger partial charge in [0, 0.05) is 7.05 Å². The topological polar surface area (TPSA) is 80.0 Å². The summed E-state index contributed by atoms with van der Waals surface area (Å²) in [6.45, 7) is 3.82. The number of nitrogens with zero attached hydrogens (tertiary/aromatic N) is 3. The van der Waals surface area contributed by atoms with E-state index in [1.54, 1.807) is 16.8 Å². The number of carboxylic acid groups (broad SMARTS) is 1. The highest BCUT2D eigenvalue weighted by Crippen LogP contribution is 2.22. The lowest BCUT2D eigenvalue weighted by Gasteiger charge is -2.06. The van der Waals surface area contributed by atoms with Gasteiger partial charge in [-0.15, -0.1) is 0 Å². The maximum Gasteiger partial charge on any atom is 0.354 e. The fourth-order valence-electron chi connectivity index (χ4n) is 1.71. The number of pyridine rings is 1. The number of carbonyl (C=O) groups is 1. The molecule has 0 aliphatic carbocycles. The van der Waals surface area contributed by atoms with Crippen molar-refractivity contribution in [1.82, 2.24) is 14.8 Å². The van der Waals surface area contributed by atoms with Gasteiger partial charge in [-0.25, -0.2) is 9.78 Å². The Balaban J connectivity index is 2.34. The van der Waals surface area contributed by atoms with Crippen molar-refractivity contribution in [1.29, 1.82) is 0 Å². The largest absolute Gasteiger partial charge is 0.477 e. The molecule has 2 rings (SSSR count). The SMILES string of the molecule is Cc1nn(C)c(C)c1Nc1cccc(C(=O)O)n1. The molecule has 0 bridgehead atoms. The zero-order valence-corrected chi connectivity index (χ0v) is 10.4. The third-order valence-electron chi connectivity index (χ3n) is 2.73. The molecule has 94 valence electrons. The van der Waals surface area contributed by atoms with Gasteiger partial charge in [-0.3, -0.25) is 4.68 Å². The lowest BCUT2D eigenvalue weighted by molar-refractivity contribution is 0.0690. The molecule has 0 spiro atoms. The van der Waals surface area contributed by atoms with Crippen molar-refractivity contribution >= 4 is 17.5 Å². The summed E-state index contributed by atoms with van der Waals surface area (Å²) >= 11 is 0. The van der Waals surface area contributed by atoms with E-state index in [1.165, 1.54) is 6.07 Å². The monoisotopic (exact) mass is 246 g/mol. The van der Waals surface area contributed by atoms with E-state index in [2.05, 4.69) is 15.4 Å². The van der Waals surface area contributed by atoms with E-state index in [-0.39, 0.29) is 5.69 Å². The van der Waals surface area contributed by atoms with Crippen LogP contribution in [0.25, 0.3) is 0 Å². The lowest BCUT2D eigenvalue weighted by atomic mass is 10.3. The average molecular weight is 246 g/mol. The van der Waals surface area contributed by atoms with Gasteiger partial charge in [0.15, 0.2) is 5.69 Å². The Labute approximate surface area is 104 Å². The van der Waals surface area contributed by atoms with Gasteiger partial charge in [-0.2, -0.15) is 5.10 Å². The Morgan fingerprint density at radius 2 is 2.11 bits per heavy atom. The number of rotatable bonds is 3. The van der Waals surface area contributed by atoms with Crippen molar-refractivity contribution in [3.63, 3.8) is 0 Å². The first-order valence-corrected chi connectivity index (χ1v) is 5.46. The Kier molecular flexibility index (Phi) is 3.01. The number of carboxylic acids is 1. The second-order valence-corrected chi connectivity index (χ2v) is 4.01. The highest BCUT2D eigenvalue weighted by atomic mass is 16.4. The van der Waals surface area contributed by atoms with Crippen molar-refractivity contribution < 1.29 is 9.90 Å². The predicted molar refractivity (Wildman–Crippen MR) is 67.2 cm³/mol. The molecule has 2 aromatic rings. The van der Waals surface area contributed by atoms with Crippen LogP contribution in [0.3, 0.4) is 0 Å². The zero-order chi connectivity index (χ0) is 13.3. The van der Waals surface area contributed by atoms with Crippen LogP contribution in [0.2, 0.25) is 0 Å². The first-order chi connectivity index (χ1) is 8.49. The van der Waals surface area contributed by atoms with Crippen LogP contribution in [0.4, 0.5) is 11.5 Å². The zero-order valence-electron chi connectivity index (χ0n) is 10.4. The van der Waals surface area contributed by atoms with Crippen LogP contribution < -0.4 is 5.32 Å². The van der Waals surface area contributed by atoms with Gasteiger partial charge >= 0.3 is 5.97 Å². The van der Waals surface area contributed by atoms with Crippen LogP contribution in [-0.4, -0.2) is 25.8 Å². The third-order valence-corrected chi connectivity index (χ3v) is 2.73. The van der Waals surface area contributed by atoms with Gasteiger partial charge < -0.3 is 10.4 Å². The molecule has 0 aliphatic heterocycles.